The second-order valence-electron chi connectivity index (χ2n) is 4.55. The molecule has 7 heteroatoms. The number of aromatic nitrogens is 4. The number of hydrogen-bond donors (Lipinski definition) is 0. The lowest BCUT2D eigenvalue weighted by molar-refractivity contribution is 0.392. The Hall–Kier alpha value is -1.40. The molecule has 3 aromatic rings. The third kappa shape index (κ3) is 2.23. The molecule has 20 heavy (non-hydrogen) atoms. The van der Waals surface area contributed by atoms with Crippen LogP contribution in [-0.2, 0) is 12.4 Å². The van der Waals surface area contributed by atoms with Crippen LogP contribution in [0.5, 0.6) is 0 Å². The summed E-state index contributed by atoms with van der Waals surface area (Å²) in [6.07, 6.45) is 1.76. The molecule has 3 heterocycles. The van der Waals surface area contributed by atoms with E-state index in [4.69, 9.17) is 16.1 Å². The Morgan fingerprint density at radius 1 is 1.40 bits per heavy atom. The van der Waals surface area contributed by atoms with Crippen LogP contribution < -0.4 is 0 Å². The Labute approximate surface area is 129 Å². The van der Waals surface area contributed by atoms with Crippen molar-refractivity contribution in [3.8, 4) is 0 Å². The molecule has 0 spiro atoms. The number of hydrogen-bond acceptors (Lipinski definition) is 4. The molecule has 0 unspecified atom stereocenters. The van der Waals surface area contributed by atoms with E-state index in [1.54, 1.807) is 6.20 Å². The summed E-state index contributed by atoms with van der Waals surface area (Å²) in [5.41, 5.74) is 3.55. The van der Waals surface area contributed by atoms with Crippen molar-refractivity contribution < 1.29 is 4.52 Å². The van der Waals surface area contributed by atoms with Gasteiger partial charge in [-0.05, 0) is 35.8 Å². The first-order chi connectivity index (χ1) is 9.60. The zero-order chi connectivity index (χ0) is 14.3. The predicted octanol–water partition coefficient (Wildman–Crippen LogP) is 3.59. The minimum absolute atomic E-state index is 0.331. The van der Waals surface area contributed by atoms with E-state index in [9.17, 15) is 0 Å². The van der Waals surface area contributed by atoms with E-state index in [2.05, 4.69) is 31.1 Å². The summed E-state index contributed by atoms with van der Waals surface area (Å²) < 4.78 is 8.10. The van der Waals surface area contributed by atoms with Crippen LogP contribution in [0.1, 0.15) is 22.8 Å². The first-order valence-electron chi connectivity index (χ1n) is 6.08. The molecule has 3 rings (SSSR count). The Kier molecular flexibility index (Phi) is 3.52. The minimum Gasteiger partial charge on any atom is -0.361 e. The lowest BCUT2D eigenvalue weighted by atomic mass is 10.2. The number of pyridine rings is 1. The van der Waals surface area contributed by atoms with Gasteiger partial charge in [-0.3, -0.25) is 0 Å². The fourth-order valence-corrected chi connectivity index (χ4v) is 2.71. The Morgan fingerprint density at radius 2 is 2.20 bits per heavy atom. The summed E-state index contributed by atoms with van der Waals surface area (Å²) in [7, 11) is 0. The maximum Gasteiger partial charge on any atom is 0.160 e. The molecule has 3 aromatic heterocycles. The van der Waals surface area contributed by atoms with Gasteiger partial charge in [0.2, 0.25) is 0 Å². The fourth-order valence-electron chi connectivity index (χ4n) is 2.19. The van der Waals surface area contributed by atoms with Gasteiger partial charge in [-0.15, -0.1) is 11.6 Å². The second-order valence-corrected chi connectivity index (χ2v) is 5.73. The molecule has 0 amide bonds. The third-order valence-electron chi connectivity index (χ3n) is 3.25. The molecule has 0 aliphatic heterocycles. The summed E-state index contributed by atoms with van der Waals surface area (Å²) in [5.74, 6) is 1.92. The van der Waals surface area contributed by atoms with E-state index < -0.39 is 0 Å². The molecule has 0 saturated carbocycles. The Morgan fingerprint density at radius 3 is 2.85 bits per heavy atom. The van der Waals surface area contributed by atoms with Crippen LogP contribution in [0.4, 0.5) is 0 Å². The molecule has 0 aliphatic carbocycles. The largest absolute Gasteiger partial charge is 0.361 e. The number of aryl methyl sites for hydroxylation is 2. The normalized spacial score (nSPS) is 11.4. The van der Waals surface area contributed by atoms with Crippen LogP contribution in [0.2, 0.25) is 0 Å². The van der Waals surface area contributed by atoms with Gasteiger partial charge in [0, 0.05) is 16.2 Å². The molecule has 5 nitrogen and oxygen atoms in total. The van der Waals surface area contributed by atoms with Crippen molar-refractivity contribution in [2.24, 2.45) is 0 Å². The Bertz CT molecular complexity index is 761. The highest BCUT2D eigenvalue weighted by atomic mass is 79.9. The van der Waals surface area contributed by atoms with Crippen LogP contribution in [0.15, 0.2) is 21.3 Å². The number of halogens is 2. The molecule has 0 N–H and O–H groups in total. The predicted molar refractivity (Wildman–Crippen MR) is 79.9 cm³/mol. The van der Waals surface area contributed by atoms with E-state index in [0.717, 1.165) is 38.5 Å². The number of alkyl halides is 1. The van der Waals surface area contributed by atoms with Gasteiger partial charge in [0.05, 0.1) is 18.1 Å². The summed E-state index contributed by atoms with van der Waals surface area (Å²) in [4.78, 5) is 8.95. The average molecular weight is 356 g/mol. The lowest BCUT2D eigenvalue weighted by Crippen LogP contribution is -2.06. The molecule has 0 fully saturated rings. The molecule has 0 saturated heterocycles. The maximum atomic E-state index is 6.00. The van der Waals surface area contributed by atoms with Gasteiger partial charge in [-0.2, -0.15) is 0 Å². The van der Waals surface area contributed by atoms with E-state index in [-0.39, 0.29) is 0 Å². The van der Waals surface area contributed by atoms with Crippen LogP contribution in [-0.4, -0.2) is 19.7 Å². The minimum atomic E-state index is 0.331. The standard InChI is InChI=1S/C13H12BrClN4O/c1-7-10(8(2)20-18-7)6-19-12(4-15)17-11-3-9(14)5-16-13(11)19/h3,5H,4,6H2,1-2H3. The van der Waals surface area contributed by atoms with Crippen molar-refractivity contribution in [1.29, 1.82) is 0 Å². The van der Waals surface area contributed by atoms with Crippen LogP contribution in [0.3, 0.4) is 0 Å². The van der Waals surface area contributed by atoms with Gasteiger partial charge in [-0.1, -0.05) is 5.16 Å². The zero-order valence-electron chi connectivity index (χ0n) is 11.0. The molecule has 0 aliphatic rings. The van der Waals surface area contributed by atoms with E-state index >= 15 is 0 Å². The molecular weight excluding hydrogens is 344 g/mol. The van der Waals surface area contributed by atoms with Crippen molar-refractivity contribution in [3.63, 3.8) is 0 Å². The van der Waals surface area contributed by atoms with Crippen LogP contribution >= 0.6 is 27.5 Å². The van der Waals surface area contributed by atoms with Crippen LogP contribution in [0.25, 0.3) is 11.2 Å². The smallest absolute Gasteiger partial charge is 0.160 e. The fraction of sp³-hybridized carbons (Fsp3) is 0.308. The molecule has 0 radical (unpaired) electrons. The topological polar surface area (TPSA) is 56.7 Å². The highest BCUT2D eigenvalue weighted by molar-refractivity contribution is 9.10. The number of imidazole rings is 1. The first-order valence-corrected chi connectivity index (χ1v) is 7.41. The van der Waals surface area contributed by atoms with Gasteiger partial charge >= 0.3 is 0 Å². The van der Waals surface area contributed by atoms with Crippen molar-refractivity contribution >= 4 is 38.7 Å². The quantitative estimate of drug-likeness (QED) is 0.674. The molecule has 0 bridgehead atoms. The van der Waals surface area contributed by atoms with Gasteiger partial charge in [0.15, 0.2) is 5.65 Å². The van der Waals surface area contributed by atoms with Gasteiger partial charge in [-0.25, -0.2) is 9.97 Å². The zero-order valence-corrected chi connectivity index (χ0v) is 13.4. The lowest BCUT2D eigenvalue weighted by Gasteiger charge is -2.06. The van der Waals surface area contributed by atoms with E-state index in [1.807, 2.05) is 24.5 Å². The molecule has 0 aromatic carbocycles. The first kappa shape index (κ1) is 13.6. The molecular formula is C13H12BrClN4O. The van der Waals surface area contributed by atoms with Crippen molar-refractivity contribution in [3.05, 3.63) is 39.6 Å². The highest BCUT2D eigenvalue weighted by Gasteiger charge is 2.16. The van der Waals surface area contributed by atoms with E-state index in [1.165, 1.54) is 0 Å². The average Bonchev–Trinajstić information content (AvgIpc) is 2.93. The van der Waals surface area contributed by atoms with Crippen molar-refractivity contribution in [2.45, 2.75) is 26.3 Å². The number of fused-ring (bicyclic) bond motifs is 1. The summed E-state index contributed by atoms with van der Waals surface area (Å²) in [5, 5.41) is 3.98. The van der Waals surface area contributed by atoms with Crippen molar-refractivity contribution in [1.82, 2.24) is 19.7 Å². The SMILES string of the molecule is Cc1noc(C)c1Cn1c(CCl)nc2cc(Br)cnc21. The van der Waals surface area contributed by atoms with Crippen LogP contribution in [0, 0.1) is 13.8 Å². The summed E-state index contributed by atoms with van der Waals surface area (Å²) in [6.45, 7) is 4.43. The number of nitrogens with zero attached hydrogens (tertiary/aromatic N) is 4. The molecule has 104 valence electrons. The Balaban J connectivity index is 2.15. The van der Waals surface area contributed by atoms with Gasteiger partial charge in [0.1, 0.15) is 17.1 Å². The summed E-state index contributed by atoms with van der Waals surface area (Å²) >= 11 is 9.40. The third-order valence-corrected chi connectivity index (χ3v) is 3.92. The highest BCUT2D eigenvalue weighted by Crippen LogP contribution is 2.22. The summed E-state index contributed by atoms with van der Waals surface area (Å²) in [6, 6.07) is 1.93. The number of rotatable bonds is 3. The van der Waals surface area contributed by atoms with Crippen molar-refractivity contribution in [2.75, 3.05) is 0 Å². The molecule has 0 atom stereocenters. The van der Waals surface area contributed by atoms with Gasteiger partial charge < -0.3 is 9.09 Å². The van der Waals surface area contributed by atoms with E-state index in [0.29, 0.717) is 12.4 Å². The maximum absolute atomic E-state index is 6.00. The second kappa shape index (κ2) is 5.18. The van der Waals surface area contributed by atoms with Gasteiger partial charge in [0.25, 0.3) is 0 Å². The monoisotopic (exact) mass is 354 g/mol.